The molecule has 0 aliphatic heterocycles. The molecule has 27 heavy (non-hydrogen) atoms. The van der Waals surface area contributed by atoms with Gasteiger partial charge in [0, 0.05) is 38.9 Å². The molecule has 0 heterocycles. The van der Waals surface area contributed by atoms with Crippen molar-refractivity contribution in [3.05, 3.63) is 54.1 Å². The van der Waals surface area contributed by atoms with Gasteiger partial charge >= 0.3 is 0 Å². The lowest BCUT2D eigenvalue weighted by Crippen LogP contribution is -2.38. The molecule has 6 nitrogen and oxygen atoms in total. The van der Waals surface area contributed by atoms with Crippen molar-refractivity contribution in [2.24, 2.45) is 0 Å². The van der Waals surface area contributed by atoms with Crippen LogP contribution in [0.15, 0.2) is 48.5 Å². The summed E-state index contributed by atoms with van der Waals surface area (Å²) in [6.45, 7) is 1.93. The van der Waals surface area contributed by atoms with E-state index in [2.05, 4.69) is 5.32 Å². The van der Waals surface area contributed by atoms with Crippen molar-refractivity contribution in [3.8, 4) is 5.75 Å². The highest BCUT2D eigenvalue weighted by Crippen LogP contribution is 2.18. The smallest absolute Gasteiger partial charge is 0.243 e. The SMILES string of the molecule is COc1ccccc1CCN(CC(=O)Nc1ccc(N(C)C)cc1)C(C)=O. The Morgan fingerprint density at radius 3 is 2.30 bits per heavy atom. The quantitative estimate of drug-likeness (QED) is 0.777. The minimum Gasteiger partial charge on any atom is -0.496 e. The van der Waals surface area contributed by atoms with E-state index in [9.17, 15) is 9.59 Å². The van der Waals surface area contributed by atoms with Gasteiger partial charge in [-0.05, 0) is 42.3 Å². The summed E-state index contributed by atoms with van der Waals surface area (Å²) in [6, 6.07) is 15.2. The molecule has 2 aromatic carbocycles. The van der Waals surface area contributed by atoms with Crippen LogP contribution in [0.4, 0.5) is 11.4 Å². The van der Waals surface area contributed by atoms with E-state index in [1.165, 1.54) is 11.8 Å². The number of carbonyl (C=O) groups is 2. The molecule has 2 aromatic rings. The Balaban J connectivity index is 1.94. The highest BCUT2D eigenvalue weighted by molar-refractivity contribution is 5.94. The molecule has 144 valence electrons. The summed E-state index contributed by atoms with van der Waals surface area (Å²) in [4.78, 5) is 27.8. The maximum atomic E-state index is 12.3. The number of benzene rings is 2. The number of amides is 2. The Morgan fingerprint density at radius 2 is 1.70 bits per heavy atom. The molecule has 1 N–H and O–H groups in total. The van der Waals surface area contributed by atoms with Crippen LogP contribution in [0.3, 0.4) is 0 Å². The Bertz CT molecular complexity index is 772. The number of para-hydroxylation sites is 1. The molecule has 0 aliphatic carbocycles. The minimum atomic E-state index is -0.220. The molecular formula is C21H27N3O3. The predicted octanol–water partition coefficient (Wildman–Crippen LogP) is 2.79. The van der Waals surface area contributed by atoms with E-state index in [-0.39, 0.29) is 18.4 Å². The van der Waals surface area contributed by atoms with Crippen LogP contribution in [-0.4, -0.2) is 51.0 Å². The second-order valence-corrected chi connectivity index (χ2v) is 6.49. The number of rotatable bonds is 8. The molecule has 0 saturated carbocycles. The van der Waals surface area contributed by atoms with Crippen LogP contribution in [0, 0.1) is 0 Å². The van der Waals surface area contributed by atoms with Crippen molar-refractivity contribution in [1.82, 2.24) is 4.90 Å². The van der Waals surface area contributed by atoms with E-state index >= 15 is 0 Å². The number of hydrogen-bond acceptors (Lipinski definition) is 4. The van der Waals surface area contributed by atoms with Gasteiger partial charge in [-0.1, -0.05) is 18.2 Å². The topological polar surface area (TPSA) is 61.9 Å². The van der Waals surface area contributed by atoms with Gasteiger partial charge in [-0.15, -0.1) is 0 Å². The lowest BCUT2D eigenvalue weighted by molar-refractivity contribution is -0.132. The van der Waals surface area contributed by atoms with E-state index in [1.54, 1.807) is 7.11 Å². The summed E-state index contributed by atoms with van der Waals surface area (Å²) in [6.07, 6.45) is 0.619. The van der Waals surface area contributed by atoms with E-state index in [0.717, 1.165) is 17.0 Å². The van der Waals surface area contributed by atoms with Crippen LogP contribution in [0.2, 0.25) is 0 Å². The zero-order valence-electron chi connectivity index (χ0n) is 16.4. The summed E-state index contributed by atoms with van der Waals surface area (Å²) in [5, 5.41) is 2.84. The van der Waals surface area contributed by atoms with E-state index in [0.29, 0.717) is 18.7 Å². The van der Waals surface area contributed by atoms with Gasteiger partial charge in [0.25, 0.3) is 0 Å². The first-order valence-electron chi connectivity index (χ1n) is 8.85. The third-order valence-electron chi connectivity index (χ3n) is 4.29. The number of carbonyl (C=O) groups excluding carboxylic acids is 2. The van der Waals surface area contributed by atoms with Crippen molar-refractivity contribution < 1.29 is 14.3 Å². The van der Waals surface area contributed by atoms with Crippen molar-refractivity contribution in [2.45, 2.75) is 13.3 Å². The Hall–Kier alpha value is -3.02. The fourth-order valence-electron chi connectivity index (χ4n) is 2.73. The number of hydrogen-bond donors (Lipinski definition) is 1. The molecule has 0 spiro atoms. The normalized spacial score (nSPS) is 10.2. The second kappa shape index (κ2) is 9.62. The number of nitrogens with zero attached hydrogens (tertiary/aromatic N) is 2. The van der Waals surface area contributed by atoms with Crippen LogP contribution in [0.5, 0.6) is 5.75 Å². The van der Waals surface area contributed by atoms with E-state index in [1.807, 2.05) is 67.5 Å². The zero-order valence-corrected chi connectivity index (χ0v) is 16.4. The number of nitrogens with one attached hydrogen (secondary N) is 1. The summed E-state index contributed by atoms with van der Waals surface area (Å²) < 4.78 is 5.34. The van der Waals surface area contributed by atoms with Crippen LogP contribution >= 0.6 is 0 Å². The van der Waals surface area contributed by atoms with Gasteiger partial charge in [0.2, 0.25) is 11.8 Å². The molecule has 0 saturated heterocycles. The molecule has 0 unspecified atom stereocenters. The molecule has 0 radical (unpaired) electrons. The van der Waals surface area contributed by atoms with Gasteiger partial charge in [0.05, 0.1) is 13.7 Å². The molecule has 0 aliphatic rings. The van der Waals surface area contributed by atoms with Crippen molar-refractivity contribution in [3.63, 3.8) is 0 Å². The standard InChI is InChI=1S/C21H27N3O3/c1-16(25)24(14-13-17-7-5-6-8-20(17)27-4)15-21(26)22-18-9-11-19(12-10-18)23(2)3/h5-12H,13-15H2,1-4H3,(H,22,26). The van der Waals surface area contributed by atoms with Crippen LogP contribution < -0.4 is 15.0 Å². The van der Waals surface area contributed by atoms with E-state index in [4.69, 9.17) is 4.74 Å². The van der Waals surface area contributed by atoms with Gasteiger partial charge < -0.3 is 19.9 Å². The van der Waals surface area contributed by atoms with Crippen LogP contribution in [0.25, 0.3) is 0 Å². The summed E-state index contributed by atoms with van der Waals surface area (Å²) in [5.74, 6) is 0.428. The highest BCUT2D eigenvalue weighted by atomic mass is 16.5. The zero-order chi connectivity index (χ0) is 19.8. The molecular weight excluding hydrogens is 342 g/mol. The summed E-state index contributed by atoms with van der Waals surface area (Å²) >= 11 is 0. The van der Waals surface area contributed by atoms with Crippen LogP contribution in [0.1, 0.15) is 12.5 Å². The molecule has 2 amide bonds. The number of anilines is 2. The molecule has 0 fully saturated rings. The lowest BCUT2D eigenvalue weighted by atomic mass is 10.1. The van der Waals surface area contributed by atoms with Crippen LogP contribution in [-0.2, 0) is 16.0 Å². The monoisotopic (exact) mass is 369 g/mol. The number of ether oxygens (including phenoxy) is 1. The maximum absolute atomic E-state index is 12.3. The third-order valence-corrected chi connectivity index (χ3v) is 4.29. The average Bonchev–Trinajstić information content (AvgIpc) is 2.65. The largest absolute Gasteiger partial charge is 0.496 e. The Kier molecular flexibility index (Phi) is 7.23. The molecule has 0 bridgehead atoms. The summed E-state index contributed by atoms with van der Waals surface area (Å²) in [5.41, 5.74) is 2.76. The minimum absolute atomic E-state index is 0.0138. The maximum Gasteiger partial charge on any atom is 0.243 e. The molecule has 0 aromatic heterocycles. The average molecular weight is 369 g/mol. The molecule has 0 atom stereocenters. The Morgan fingerprint density at radius 1 is 1.04 bits per heavy atom. The van der Waals surface area contributed by atoms with Gasteiger partial charge in [-0.25, -0.2) is 0 Å². The fraction of sp³-hybridized carbons (Fsp3) is 0.333. The van der Waals surface area contributed by atoms with Gasteiger partial charge in [-0.2, -0.15) is 0 Å². The van der Waals surface area contributed by atoms with Gasteiger partial charge in [0.15, 0.2) is 0 Å². The first kappa shape index (κ1) is 20.3. The Labute approximate surface area is 160 Å². The van der Waals surface area contributed by atoms with Gasteiger partial charge in [-0.3, -0.25) is 9.59 Å². The summed E-state index contributed by atoms with van der Waals surface area (Å²) in [7, 11) is 5.54. The highest BCUT2D eigenvalue weighted by Gasteiger charge is 2.15. The number of methoxy groups -OCH3 is 1. The fourth-order valence-corrected chi connectivity index (χ4v) is 2.73. The van der Waals surface area contributed by atoms with Crippen molar-refractivity contribution in [2.75, 3.05) is 44.5 Å². The molecule has 2 rings (SSSR count). The predicted molar refractivity (Wildman–Crippen MR) is 108 cm³/mol. The van der Waals surface area contributed by atoms with Crippen molar-refractivity contribution >= 4 is 23.2 Å². The lowest BCUT2D eigenvalue weighted by Gasteiger charge is -2.21. The van der Waals surface area contributed by atoms with Crippen molar-refractivity contribution in [1.29, 1.82) is 0 Å². The first-order valence-corrected chi connectivity index (χ1v) is 8.85. The first-order chi connectivity index (χ1) is 12.9. The second-order valence-electron chi connectivity index (χ2n) is 6.49. The van der Waals surface area contributed by atoms with E-state index < -0.39 is 0 Å². The molecule has 6 heteroatoms. The third kappa shape index (κ3) is 6.02. The van der Waals surface area contributed by atoms with Gasteiger partial charge in [0.1, 0.15) is 5.75 Å².